The van der Waals surface area contributed by atoms with Crippen molar-refractivity contribution < 1.29 is 4.39 Å². The zero-order valence-electron chi connectivity index (χ0n) is 9.32. The lowest BCUT2D eigenvalue weighted by Crippen LogP contribution is -2.15. The molecule has 3 rings (SSSR count). The Labute approximate surface area is 103 Å². The van der Waals surface area contributed by atoms with E-state index < -0.39 is 0 Å². The first kappa shape index (κ1) is 10.9. The van der Waals surface area contributed by atoms with Gasteiger partial charge in [0.25, 0.3) is 0 Å². The smallest absolute Gasteiger partial charge is 0.133 e. The number of hydrogen-bond donors (Lipinski definition) is 1. The van der Waals surface area contributed by atoms with Gasteiger partial charge in [0.2, 0.25) is 0 Å². The number of rotatable bonds is 1. The van der Waals surface area contributed by atoms with Gasteiger partial charge in [-0.05, 0) is 31.4 Å². The highest BCUT2D eigenvalue weighted by Gasteiger charge is 2.22. The Balaban J connectivity index is 2.08. The van der Waals surface area contributed by atoms with Gasteiger partial charge >= 0.3 is 0 Å². The number of hydrogen-bond acceptors (Lipinski definition) is 3. The van der Waals surface area contributed by atoms with Crippen LogP contribution in [0.3, 0.4) is 0 Å². The maximum Gasteiger partial charge on any atom is 0.133 e. The van der Waals surface area contributed by atoms with Crippen LogP contribution in [0.5, 0.6) is 0 Å². The molecule has 0 amide bonds. The Hall–Kier alpha value is -1.26. The van der Waals surface area contributed by atoms with Gasteiger partial charge in [-0.3, -0.25) is 0 Å². The van der Waals surface area contributed by atoms with Gasteiger partial charge in [-0.15, -0.1) is 11.3 Å². The molecule has 0 spiro atoms. The van der Waals surface area contributed by atoms with E-state index in [4.69, 9.17) is 5.73 Å². The second kappa shape index (κ2) is 4.20. The first-order chi connectivity index (χ1) is 8.25. The number of halogens is 1. The molecule has 0 fully saturated rings. The van der Waals surface area contributed by atoms with Crippen molar-refractivity contribution in [1.29, 1.82) is 0 Å². The molecular weight excluding hydrogens is 235 g/mol. The molecule has 2 nitrogen and oxygen atoms in total. The monoisotopic (exact) mass is 248 g/mol. The summed E-state index contributed by atoms with van der Waals surface area (Å²) in [6.07, 6.45) is 3.05. The Bertz CT molecular complexity index is 550. The van der Waals surface area contributed by atoms with Gasteiger partial charge in [-0.25, -0.2) is 9.37 Å². The SMILES string of the molecule is NC1CCCc2nc(-c3ccccc3F)sc21. The average Bonchev–Trinajstić information content (AvgIpc) is 2.75. The minimum atomic E-state index is -0.216. The van der Waals surface area contributed by atoms with Crippen molar-refractivity contribution >= 4 is 11.3 Å². The summed E-state index contributed by atoms with van der Waals surface area (Å²) in [5, 5.41) is 0.755. The molecule has 0 aliphatic heterocycles. The molecule has 4 heteroatoms. The molecule has 2 N–H and O–H groups in total. The third kappa shape index (κ3) is 1.87. The zero-order valence-corrected chi connectivity index (χ0v) is 10.1. The number of nitrogens with zero attached hydrogens (tertiary/aromatic N) is 1. The van der Waals surface area contributed by atoms with Crippen molar-refractivity contribution in [3.63, 3.8) is 0 Å². The third-order valence-corrected chi connectivity index (χ3v) is 4.36. The largest absolute Gasteiger partial charge is 0.323 e. The van der Waals surface area contributed by atoms with Crippen LogP contribution in [0, 0.1) is 5.82 Å². The number of aryl methyl sites for hydroxylation is 1. The van der Waals surface area contributed by atoms with Gasteiger partial charge in [0.1, 0.15) is 10.8 Å². The molecule has 1 aromatic heterocycles. The van der Waals surface area contributed by atoms with E-state index in [-0.39, 0.29) is 11.9 Å². The predicted octanol–water partition coefficient (Wildman–Crippen LogP) is 3.29. The van der Waals surface area contributed by atoms with Crippen molar-refractivity contribution in [2.24, 2.45) is 5.73 Å². The van der Waals surface area contributed by atoms with Gasteiger partial charge in [0.15, 0.2) is 0 Å². The highest BCUT2D eigenvalue weighted by atomic mass is 32.1. The Morgan fingerprint density at radius 1 is 1.35 bits per heavy atom. The van der Waals surface area contributed by atoms with Crippen LogP contribution in [0.4, 0.5) is 4.39 Å². The number of aromatic nitrogens is 1. The van der Waals surface area contributed by atoms with Gasteiger partial charge in [-0.1, -0.05) is 12.1 Å². The van der Waals surface area contributed by atoms with Crippen LogP contribution < -0.4 is 5.73 Å². The molecule has 0 radical (unpaired) electrons. The van der Waals surface area contributed by atoms with Crippen molar-refractivity contribution in [3.8, 4) is 10.6 Å². The summed E-state index contributed by atoms with van der Waals surface area (Å²) in [6, 6.07) is 6.84. The highest BCUT2D eigenvalue weighted by Crippen LogP contribution is 2.37. The predicted molar refractivity (Wildman–Crippen MR) is 67.4 cm³/mol. The molecule has 1 aliphatic rings. The number of thiazole rings is 1. The highest BCUT2D eigenvalue weighted by molar-refractivity contribution is 7.15. The number of benzene rings is 1. The van der Waals surface area contributed by atoms with Crippen molar-refractivity contribution in [1.82, 2.24) is 4.98 Å². The van der Waals surface area contributed by atoms with Crippen molar-refractivity contribution in [3.05, 3.63) is 40.7 Å². The quantitative estimate of drug-likeness (QED) is 0.841. The Morgan fingerprint density at radius 2 is 2.18 bits per heavy atom. The molecule has 1 heterocycles. The summed E-state index contributed by atoms with van der Waals surface area (Å²) in [7, 11) is 0. The second-order valence-electron chi connectivity index (χ2n) is 4.31. The van der Waals surface area contributed by atoms with E-state index in [9.17, 15) is 4.39 Å². The minimum absolute atomic E-state index is 0.0803. The van der Waals surface area contributed by atoms with E-state index >= 15 is 0 Å². The summed E-state index contributed by atoms with van der Waals surface area (Å²) < 4.78 is 13.7. The lowest BCUT2D eigenvalue weighted by molar-refractivity contribution is 0.573. The summed E-state index contributed by atoms with van der Waals surface area (Å²) in [5.74, 6) is -0.216. The topological polar surface area (TPSA) is 38.9 Å². The fourth-order valence-electron chi connectivity index (χ4n) is 2.20. The summed E-state index contributed by atoms with van der Waals surface area (Å²) >= 11 is 1.53. The fourth-order valence-corrected chi connectivity index (χ4v) is 3.38. The van der Waals surface area contributed by atoms with Crippen LogP contribution in [-0.2, 0) is 6.42 Å². The summed E-state index contributed by atoms with van der Waals surface area (Å²) in [5.41, 5.74) is 7.70. The number of fused-ring (bicyclic) bond motifs is 1. The first-order valence-electron chi connectivity index (χ1n) is 5.76. The maximum absolute atomic E-state index is 13.7. The molecule has 2 aromatic rings. The van der Waals surface area contributed by atoms with Crippen LogP contribution in [0.1, 0.15) is 29.5 Å². The molecule has 1 atom stereocenters. The lowest BCUT2D eigenvalue weighted by atomic mass is 9.99. The number of nitrogens with two attached hydrogens (primary N) is 1. The van der Waals surface area contributed by atoms with E-state index in [1.54, 1.807) is 12.1 Å². The average molecular weight is 248 g/mol. The van der Waals surface area contributed by atoms with E-state index in [0.717, 1.165) is 34.8 Å². The van der Waals surface area contributed by atoms with E-state index in [0.29, 0.717) is 5.56 Å². The Kier molecular flexibility index (Phi) is 2.68. The molecule has 17 heavy (non-hydrogen) atoms. The van der Waals surface area contributed by atoms with Crippen LogP contribution in [0.25, 0.3) is 10.6 Å². The van der Waals surface area contributed by atoms with Crippen LogP contribution in [-0.4, -0.2) is 4.98 Å². The van der Waals surface area contributed by atoms with Gasteiger partial charge in [0, 0.05) is 16.5 Å². The normalized spacial score (nSPS) is 19.1. The second-order valence-corrected chi connectivity index (χ2v) is 5.34. The lowest BCUT2D eigenvalue weighted by Gasteiger charge is -2.15. The zero-order chi connectivity index (χ0) is 11.8. The van der Waals surface area contributed by atoms with E-state index in [1.807, 2.05) is 6.07 Å². The Morgan fingerprint density at radius 3 is 2.94 bits per heavy atom. The summed E-state index contributed by atoms with van der Waals surface area (Å²) in [4.78, 5) is 5.66. The fraction of sp³-hybridized carbons (Fsp3) is 0.308. The first-order valence-corrected chi connectivity index (χ1v) is 6.57. The molecule has 88 valence electrons. The molecular formula is C13H13FN2S. The van der Waals surface area contributed by atoms with Crippen molar-refractivity contribution in [2.75, 3.05) is 0 Å². The van der Waals surface area contributed by atoms with E-state index in [1.165, 1.54) is 17.4 Å². The molecule has 0 saturated carbocycles. The standard InChI is InChI=1S/C13H13FN2S/c14-9-5-2-1-4-8(9)13-16-11-7-3-6-10(15)12(11)17-13/h1-2,4-5,10H,3,6-7,15H2. The van der Waals surface area contributed by atoms with Crippen LogP contribution in [0.2, 0.25) is 0 Å². The molecule has 1 unspecified atom stereocenters. The van der Waals surface area contributed by atoms with Gasteiger partial charge in [-0.2, -0.15) is 0 Å². The maximum atomic E-state index is 13.7. The molecule has 1 aromatic carbocycles. The molecule has 1 aliphatic carbocycles. The van der Waals surface area contributed by atoms with Crippen molar-refractivity contribution in [2.45, 2.75) is 25.3 Å². The van der Waals surface area contributed by atoms with Crippen LogP contribution in [0.15, 0.2) is 24.3 Å². The summed E-state index contributed by atoms with van der Waals surface area (Å²) in [6.45, 7) is 0. The van der Waals surface area contributed by atoms with Gasteiger partial charge in [0.05, 0.1) is 5.69 Å². The van der Waals surface area contributed by atoms with E-state index in [2.05, 4.69) is 4.98 Å². The molecule has 0 bridgehead atoms. The minimum Gasteiger partial charge on any atom is -0.323 e. The third-order valence-electron chi connectivity index (χ3n) is 3.10. The van der Waals surface area contributed by atoms with Crippen LogP contribution >= 0.6 is 11.3 Å². The molecule has 0 saturated heterocycles. The van der Waals surface area contributed by atoms with Gasteiger partial charge < -0.3 is 5.73 Å².